The van der Waals surface area contributed by atoms with E-state index in [9.17, 15) is 5.11 Å². The highest BCUT2D eigenvalue weighted by Gasteiger charge is 2.34. The molecule has 0 spiro atoms. The van der Waals surface area contributed by atoms with Gasteiger partial charge in [0, 0.05) is 17.5 Å². The normalized spacial score (nSPS) is 19.8. The Balaban J connectivity index is 0.00000147. The summed E-state index contributed by atoms with van der Waals surface area (Å²) in [6, 6.07) is 15.3. The Labute approximate surface area is 124 Å². The van der Waals surface area contributed by atoms with Crippen molar-refractivity contribution in [3.05, 3.63) is 53.6 Å². The fraction of sp³-hybridized carbons (Fsp3) is 0.188. The van der Waals surface area contributed by atoms with E-state index in [1.807, 2.05) is 24.3 Å². The van der Waals surface area contributed by atoms with Crippen LogP contribution in [0.1, 0.15) is 23.5 Å². The molecule has 20 heavy (non-hydrogen) atoms. The standard InChI is InChI=1S/C16H14N2O.ClH/c17-9-10-1-6-16(19)14(7-10)12-4-2-11(3-5-12)13-8-15(13)18;/h1-7,13,15,19H,8,18H2;1H/t13-,15+;/m0./s1. The van der Waals surface area contributed by atoms with Crippen molar-refractivity contribution in [2.24, 2.45) is 5.73 Å². The van der Waals surface area contributed by atoms with Crippen LogP contribution in [0.5, 0.6) is 5.75 Å². The third-order valence-electron chi connectivity index (χ3n) is 3.62. The highest BCUT2D eigenvalue weighted by Crippen LogP contribution is 2.40. The van der Waals surface area contributed by atoms with Crippen molar-refractivity contribution in [2.45, 2.75) is 18.4 Å². The first-order chi connectivity index (χ1) is 9.19. The van der Waals surface area contributed by atoms with Gasteiger partial charge in [0.1, 0.15) is 5.75 Å². The van der Waals surface area contributed by atoms with Gasteiger partial charge in [-0.3, -0.25) is 0 Å². The van der Waals surface area contributed by atoms with E-state index in [1.165, 1.54) is 5.56 Å². The summed E-state index contributed by atoms with van der Waals surface area (Å²) >= 11 is 0. The van der Waals surface area contributed by atoms with E-state index in [-0.39, 0.29) is 18.2 Å². The molecule has 0 amide bonds. The lowest BCUT2D eigenvalue weighted by Gasteiger charge is -2.06. The highest BCUT2D eigenvalue weighted by molar-refractivity contribution is 5.85. The van der Waals surface area contributed by atoms with Gasteiger partial charge in [-0.25, -0.2) is 0 Å². The second-order valence-corrected chi connectivity index (χ2v) is 4.97. The molecular formula is C16H15ClN2O. The summed E-state index contributed by atoms with van der Waals surface area (Å²) in [5.74, 6) is 0.669. The second-order valence-electron chi connectivity index (χ2n) is 4.97. The Morgan fingerprint density at radius 3 is 2.35 bits per heavy atom. The number of nitriles is 1. The molecule has 1 aliphatic rings. The summed E-state index contributed by atoms with van der Waals surface area (Å²) in [4.78, 5) is 0. The molecule has 0 heterocycles. The van der Waals surface area contributed by atoms with Crippen LogP contribution in [-0.2, 0) is 0 Å². The number of aromatic hydroxyl groups is 1. The van der Waals surface area contributed by atoms with Crippen LogP contribution in [0.15, 0.2) is 42.5 Å². The number of phenols is 1. The second kappa shape index (κ2) is 5.54. The monoisotopic (exact) mass is 286 g/mol. The molecule has 0 unspecified atom stereocenters. The smallest absolute Gasteiger partial charge is 0.123 e. The largest absolute Gasteiger partial charge is 0.507 e. The molecule has 2 aromatic carbocycles. The van der Waals surface area contributed by atoms with Gasteiger partial charge in [-0.15, -0.1) is 12.4 Å². The van der Waals surface area contributed by atoms with E-state index in [1.54, 1.807) is 18.2 Å². The van der Waals surface area contributed by atoms with Gasteiger partial charge in [-0.2, -0.15) is 5.26 Å². The third kappa shape index (κ3) is 2.62. The predicted molar refractivity (Wildman–Crippen MR) is 80.8 cm³/mol. The van der Waals surface area contributed by atoms with Gasteiger partial charge in [0.2, 0.25) is 0 Å². The fourth-order valence-corrected chi connectivity index (χ4v) is 2.34. The Bertz CT molecular complexity index is 661. The first-order valence-electron chi connectivity index (χ1n) is 6.28. The van der Waals surface area contributed by atoms with Crippen LogP contribution in [0, 0.1) is 11.3 Å². The molecule has 3 rings (SSSR count). The minimum absolute atomic E-state index is 0. The molecule has 1 aliphatic carbocycles. The molecule has 2 aromatic rings. The molecule has 102 valence electrons. The minimum Gasteiger partial charge on any atom is -0.507 e. The van der Waals surface area contributed by atoms with Crippen LogP contribution in [-0.4, -0.2) is 11.1 Å². The van der Waals surface area contributed by atoms with E-state index in [0.29, 0.717) is 23.1 Å². The minimum atomic E-state index is 0. The first kappa shape index (κ1) is 14.4. The summed E-state index contributed by atoms with van der Waals surface area (Å²) in [6.45, 7) is 0. The Kier molecular flexibility index (Phi) is 3.99. The van der Waals surface area contributed by atoms with Crippen molar-refractivity contribution >= 4 is 12.4 Å². The van der Waals surface area contributed by atoms with Crippen molar-refractivity contribution in [3.8, 4) is 22.9 Å². The zero-order valence-electron chi connectivity index (χ0n) is 10.8. The zero-order chi connectivity index (χ0) is 13.4. The number of rotatable bonds is 2. The van der Waals surface area contributed by atoms with E-state index in [2.05, 4.69) is 6.07 Å². The number of phenolic OH excluding ortho intramolecular Hbond substituents is 1. The van der Waals surface area contributed by atoms with Crippen LogP contribution >= 0.6 is 12.4 Å². The summed E-state index contributed by atoms with van der Waals surface area (Å²) < 4.78 is 0. The van der Waals surface area contributed by atoms with Gasteiger partial charge < -0.3 is 10.8 Å². The van der Waals surface area contributed by atoms with Crippen LogP contribution in [0.4, 0.5) is 0 Å². The van der Waals surface area contributed by atoms with Gasteiger partial charge in [-0.05, 0) is 35.7 Å². The van der Waals surface area contributed by atoms with Crippen LogP contribution in [0.2, 0.25) is 0 Å². The summed E-state index contributed by atoms with van der Waals surface area (Å²) in [5.41, 5.74) is 9.21. The van der Waals surface area contributed by atoms with Crippen molar-refractivity contribution in [1.29, 1.82) is 5.26 Å². The lowest BCUT2D eigenvalue weighted by atomic mass is 10.00. The maximum atomic E-state index is 9.89. The van der Waals surface area contributed by atoms with E-state index >= 15 is 0 Å². The molecule has 0 radical (unpaired) electrons. The summed E-state index contributed by atoms with van der Waals surface area (Å²) in [5, 5.41) is 18.8. The van der Waals surface area contributed by atoms with E-state index in [4.69, 9.17) is 11.0 Å². The molecule has 3 N–H and O–H groups in total. The molecular weight excluding hydrogens is 272 g/mol. The van der Waals surface area contributed by atoms with Crippen LogP contribution in [0.25, 0.3) is 11.1 Å². The average Bonchev–Trinajstić information content (AvgIpc) is 3.17. The molecule has 1 fully saturated rings. The SMILES string of the molecule is Cl.N#Cc1ccc(O)c(-c2ccc([C@@H]3C[C@H]3N)cc2)c1. The van der Waals surface area contributed by atoms with Gasteiger partial charge in [0.05, 0.1) is 11.6 Å². The third-order valence-corrected chi connectivity index (χ3v) is 3.62. The van der Waals surface area contributed by atoms with Gasteiger partial charge in [0.15, 0.2) is 0 Å². The lowest BCUT2D eigenvalue weighted by molar-refractivity contribution is 0.477. The quantitative estimate of drug-likeness (QED) is 0.891. The fourth-order valence-electron chi connectivity index (χ4n) is 2.34. The summed E-state index contributed by atoms with van der Waals surface area (Å²) in [7, 11) is 0. The van der Waals surface area contributed by atoms with E-state index in [0.717, 1.165) is 12.0 Å². The molecule has 0 aromatic heterocycles. The first-order valence-corrected chi connectivity index (χ1v) is 6.28. The molecule has 1 saturated carbocycles. The summed E-state index contributed by atoms with van der Waals surface area (Å²) in [6.07, 6.45) is 1.05. The van der Waals surface area contributed by atoms with Crippen molar-refractivity contribution in [3.63, 3.8) is 0 Å². The number of nitrogens with zero attached hydrogens (tertiary/aromatic N) is 1. The Morgan fingerprint density at radius 1 is 1.15 bits per heavy atom. The molecule has 0 aliphatic heterocycles. The van der Waals surface area contributed by atoms with Crippen LogP contribution in [0.3, 0.4) is 0 Å². The number of nitrogens with two attached hydrogens (primary N) is 1. The Hall–Kier alpha value is -2.02. The van der Waals surface area contributed by atoms with Crippen molar-refractivity contribution in [1.82, 2.24) is 0 Å². The number of hydrogen-bond acceptors (Lipinski definition) is 3. The topological polar surface area (TPSA) is 70.0 Å². The molecule has 0 saturated heterocycles. The van der Waals surface area contributed by atoms with Crippen LogP contribution < -0.4 is 5.73 Å². The molecule has 3 nitrogen and oxygen atoms in total. The maximum absolute atomic E-state index is 9.89. The van der Waals surface area contributed by atoms with Gasteiger partial charge in [0.25, 0.3) is 0 Å². The highest BCUT2D eigenvalue weighted by atomic mass is 35.5. The number of halogens is 1. The lowest BCUT2D eigenvalue weighted by Crippen LogP contribution is -2.00. The molecule has 2 atom stereocenters. The van der Waals surface area contributed by atoms with Crippen molar-refractivity contribution < 1.29 is 5.11 Å². The van der Waals surface area contributed by atoms with Gasteiger partial charge in [-0.1, -0.05) is 24.3 Å². The van der Waals surface area contributed by atoms with Gasteiger partial charge >= 0.3 is 0 Å². The maximum Gasteiger partial charge on any atom is 0.123 e. The molecule has 0 bridgehead atoms. The number of hydrogen-bond donors (Lipinski definition) is 2. The number of benzene rings is 2. The average molecular weight is 287 g/mol. The van der Waals surface area contributed by atoms with Crippen molar-refractivity contribution in [2.75, 3.05) is 0 Å². The molecule has 4 heteroatoms. The Morgan fingerprint density at radius 2 is 1.80 bits per heavy atom. The predicted octanol–water partition coefficient (Wildman–Crippen LogP) is 3.17. The van der Waals surface area contributed by atoms with E-state index < -0.39 is 0 Å². The zero-order valence-corrected chi connectivity index (χ0v) is 11.6.